The van der Waals surface area contributed by atoms with Crippen molar-refractivity contribution in [3.8, 4) is 5.69 Å². The smallest absolute Gasteiger partial charge is 0.112 e. The van der Waals surface area contributed by atoms with Crippen molar-refractivity contribution in [1.82, 2.24) is 9.55 Å². The number of hydrogen-bond donors (Lipinski definition) is 2. The minimum Gasteiger partial charge on any atom is -0.397 e. The predicted molar refractivity (Wildman–Crippen MR) is 69.9 cm³/mol. The van der Waals surface area contributed by atoms with Gasteiger partial charge in [0, 0.05) is 0 Å². The summed E-state index contributed by atoms with van der Waals surface area (Å²) in [5, 5.41) is 0. The Morgan fingerprint density at radius 2 is 1.65 bits per heavy atom. The van der Waals surface area contributed by atoms with Gasteiger partial charge in [-0.25, -0.2) is 4.98 Å². The van der Waals surface area contributed by atoms with Crippen LogP contribution < -0.4 is 11.5 Å². The molecule has 4 nitrogen and oxygen atoms in total. The summed E-state index contributed by atoms with van der Waals surface area (Å²) in [6.45, 7) is 0. The van der Waals surface area contributed by atoms with Crippen LogP contribution in [0, 0.1) is 0 Å². The molecule has 17 heavy (non-hydrogen) atoms. The van der Waals surface area contributed by atoms with E-state index in [1.165, 1.54) is 0 Å². The summed E-state index contributed by atoms with van der Waals surface area (Å²) in [5.74, 6) is 0. The van der Waals surface area contributed by atoms with Crippen LogP contribution in [0.3, 0.4) is 0 Å². The fourth-order valence-corrected chi connectivity index (χ4v) is 1.96. The molecule has 4 N–H and O–H groups in total. The molecule has 0 amide bonds. The first-order valence-electron chi connectivity index (χ1n) is 5.34. The van der Waals surface area contributed by atoms with Crippen molar-refractivity contribution in [2.75, 3.05) is 11.5 Å². The van der Waals surface area contributed by atoms with Gasteiger partial charge in [-0.3, -0.25) is 4.57 Å². The van der Waals surface area contributed by atoms with Gasteiger partial charge in [-0.2, -0.15) is 0 Å². The molecule has 0 bridgehead atoms. The first-order valence-corrected chi connectivity index (χ1v) is 5.34. The van der Waals surface area contributed by atoms with Crippen LogP contribution >= 0.6 is 0 Å². The fraction of sp³-hybridized carbons (Fsp3) is 0. The zero-order valence-electron chi connectivity index (χ0n) is 9.17. The van der Waals surface area contributed by atoms with Crippen LogP contribution in [-0.4, -0.2) is 9.55 Å². The molecule has 0 radical (unpaired) electrons. The quantitative estimate of drug-likeness (QED) is 0.622. The Labute approximate surface area is 98.5 Å². The molecular weight excluding hydrogens is 212 g/mol. The van der Waals surface area contributed by atoms with Gasteiger partial charge < -0.3 is 11.5 Å². The van der Waals surface area contributed by atoms with Crippen molar-refractivity contribution in [2.24, 2.45) is 0 Å². The number of nitrogen functional groups attached to an aromatic ring is 2. The zero-order chi connectivity index (χ0) is 11.8. The van der Waals surface area contributed by atoms with Gasteiger partial charge in [0.05, 0.1) is 22.6 Å². The first kappa shape index (κ1) is 9.72. The number of nitrogens with zero attached hydrogens (tertiary/aromatic N) is 2. The number of para-hydroxylation sites is 3. The number of benzene rings is 2. The van der Waals surface area contributed by atoms with E-state index in [0.717, 1.165) is 16.7 Å². The Morgan fingerprint density at radius 1 is 0.882 bits per heavy atom. The lowest BCUT2D eigenvalue weighted by atomic mass is 10.2. The van der Waals surface area contributed by atoms with Gasteiger partial charge >= 0.3 is 0 Å². The molecule has 0 unspecified atom stereocenters. The number of rotatable bonds is 1. The summed E-state index contributed by atoms with van der Waals surface area (Å²) in [6.07, 6.45) is 1.74. The zero-order valence-corrected chi connectivity index (χ0v) is 9.17. The van der Waals surface area contributed by atoms with E-state index in [2.05, 4.69) is 4.98 Å². The minimum atomic E-state index is 0.677. The van der Waals surface area contributed by atoms with Crippen molar-refractivity contribution in [1.29, 1.82) is 0 Å². The number of anilines is 2. The second kappa shape index (κ2) is 3.52. The molecule has 0 fully saturated rings. The second-order valence-corrected chi connectivity index (χ2v) is 3.89. The molecule has 2 aromatic carbocycles. The molecule has 84 valence electrons. The summed E-state index contributed by atoms with van der Waals surface area (Å²) in [7, 11) is 0. The molecule has 3 aromatic rings. The van der Waals surface area contributed by atoms with E-state index in [1.807, 2.05) is 47.0 Å². The van der Waals surface area contributed by atoms with Gasteiger partial charge in [0.2, 0.25) is 0 Å². The van der Waals surface area contributed by atoms with Crippen molar-refractivity contribution in [3.05, 3.63) is 48.8 Å². The van der Waals surface area contributed by atoms with Gasteiger partial charge in [0.15, 0.2) is 0 Å². The molecule has 0 atom stereocenters. The van der Waals surface area contributed by atoms with Crippen LogP contribution in [0.4, 0.5) is 11.4 Å². The van der Waals surface area contributed by atoms with Crippen LogP contribution in [0.1, 0.15) is 0 Å². The highest BCUT2D eigenvalue weighted by molar-refractivity contribution is 5.88. The van der Waals surface area contributed by atoms with E-state index in [1.54, 1.807) is 6.33 Å². The van der Waals surface area contributed by atoms with Crippen LogP contribution in [-0.2, 0) is 0 Å². The number of nitrogens with two attached hydrogens (primary N) is 2. The van der Waals surface area contributed by atoms with Gasteiger partial charge in [-0.1, -0.05) is 18.2 Å². The highest BCUT2D eigenvalue weighted by Crippen LogP contribution is 2.25. The lowest BCUT2D eigenvalue weighted by Gasteiger charge is -2.07. The summed E-state index contributed by atoms with van der Waals surface area (Å²) < 4.78 is 1.95. The Hall–Kier alpha value is -2.49. The fourth-order valence-electron chi connectivity index (χ4n) is 1.96. The Morgan fingerprint density at radius 3 is 2.47 bits per heavy atom. The van der Waals surface area contributed by atoms with E-state index in [0.29, 0.717) is 11.4 Å². The standard InChI is InChI=1S/C13H12N4/c14-9-4-1-2-6-11(9)17-8-16-13-10(15)5-3-7-12(13)17/h1-8H,14-15H2. The molecule has 1 heterocycles. The lowest BCUT2D eigenvalue weighted by molar-refractivity contribution is 1.10. The highest BCUT2D eigenvalue weighted by atomic mass is 15.1. The van der Waals surface area contributed by atoms with Gasteiger partial charge in [0.25, 0.3) is 0 Å². The third-order valence-electron chi connectivity index (χ3n) is 2.80. The van der Waals surface area contributed by atoms with E-state index in [4.69, 9.17) is 11.5 Å². The molecule has 3 rings (SSSR count). The van der Waals surface area contributed by atoms with Gasteiger partial charge in [-0.05, 0) is 24.3 Å². The van der Waals surface area contributed by atoms with Crippen molar-refractivity contribution in [3.63, 3.8) is 0 Å². The van der Waals surface area contributed by atoms with Crippen LogP contribution in [0.15, 0.2) is 48.8 Å². The number of fused-ring (bicyclic) bond motifs is 1. The van der Waals surface area contributed by atoms with Crippen LogP contribution in [0.2, 0.25) is 0 Å². The second-order valence-electron chi connectivity index (χ2n) is 3.89. The Balaban J connectivity index is 2.33. The third kappa shape index (κ3) is 1.42. The van der Waals surface area contributed by atoms with Crippen molar-refractivity contribution in [2.45, 2.75) is 0 Å². The van der Waals surface area contributed by atoms with Crippen LogP contribution in [0.25, 0.3) is 16.7 Å². The third-order valence-corrected chi connectivity index (χ3v) is 2.80. The summed E-state index contributed by atoms with van der Waals surface area (Å²) in [6, 6.07) is 13.4. The number of hydrogen-bond acceptors (Lipinski definition) is 3. The minimum absolute atomic E-state index is 0.677. The normalized spacial score (nSPS) is 10.8. The summed E-state index contributed by atoms with van der Waals surface area (Å²) in [4.78, 5) is 4.32. The summed E-state index contributed by atoms with van der Waals surface area (Å²) in [5.41, 5.74) is 15.9. The molecule has 0 saturated carbocycles. The first-order chi connectivity index (χ1) is 8.27. The SMILES string of the molecule is Nc1ccccc1-n1cnc2c(N)cccc21. The van der Waals surface area contributed by atoms with E-state index in [9.17, 15) is 0 Å². The number of aromatic nitrogens is 2. The average Bonchev–Trinajstić information content (AvgIpc) is 2.75. The Bertz CT molecular complexity index is 685. The Kier molecular flexibility index (Phi) is 2.01. The van der Waals surface area contributed by atoms with E-state index < -0.39 is 0 Å². The molecule has 0 spiro atoms. The molecule has 0 saturated heterocycles. The van der Waals surface area contributed by atoms with Crippen molar-refractivity contribution >= 4 is 22.4 Å². The van der Waals surface area contributed by atoms with Crippen LogP contribution in [0.5, 0.6) is 0 Å². The van der Waals surface area contributed by atoms with E-state index in [-0.39, 0.29) is 0 Å². The molecule has 4 heteroatoms. The molecule has 0 aliphatic heterocycles. The molecular formula is C13H12N4. The highest BCUT2D eigenvalue weighted by Gasteiger charge is 2.08. The molecule has 0 aliphatic rings. The van der Waals surface area contributed by atoms with Crippen molar-refractivity contribution < 1.29 is 0 Å². The summed E-state index contributed by atoms with van der Waals surface area (Å²) >= 11 is 0. The maximum atomic E-state index is 5.96. The number of imidazole rings is 1. The van der Waals surface area contributed by atoms with Gasteiger partial charge in [-0.15, -0.1) is 0 Å². The maximum absolute atomic E-state index is 5.96. The maximum Gasteiger partial charge on any atom is 0.112 e. The monoisotopic (exact) mass is 224 g/mol. The molecule has 0 aliphatic carbocycles. The topological polar surface area (TPSA) is 69.9 Å². The van der Waals surface area contributed by atoms with Gasteiger partial charge in [0.1, 0.15) is 11.8 Å². The largest absolute Gasteiger partial charge is 0.397 e. The average molecular weight is 224 g/mol. The predicted octanol–water partition coefficient (Wildman–Crippen LogP) is 2.19. The molecule has 1 aromatic heterocycles. The lowest BCUT2D eigenvalue weighted by Crippen LogP contribution is -1.97. The van der Waals surface area contributed by atoms with E-state index >= 15 is 0 Å².